The predicted octanol–water partition coefficient (Wildman–Crippen LogP) is 2.09. The van der Waals surface area contributed by atoms with Crippen LogP contribution in [0, 0.1) is 0 Å². The Morgan fingerprint density at radius 2 is 2.25 bits per heavy atom. The molecule has 0 spiro atoms. The quantitative estimate of drug-likeness (QED) is 0.815. The first kappa shape index (κ1) is 15.2. The van der Waals surface area contributed by atoms with Gasteiger partial charge in [0, 0.05) is 0 Å². The van der Waals surface area contributed by atoms with E-state index in [-0.39, 0.29) is 5.82 Å². The summed E-state index contributed by atoms with van der Waals surface area (Å²) in [5.41, 5.74) is -0.432. The summed E-state index contributed by atoms with van der Waals surface area (Å²) in [6.45, 7) is 0.931. The molecule has 1 aliphatic rings. The SMILES string of the molecule is CC1(c2nc(COCC(F)(F)C(F)F)no2)CCCN1. The molecule has 2 heterocycles. The van der Waals surface area contributed by atoms with Crippen molar-refractivity contribution in [2.45, 2.75) is 44.3 Å². The highest BCUT2D eigenvalue weighted by Gasteiger charge is 2.41. The van der Waals surface area contributed by atoms with Crippen molar-refractivity contribution in [3.63, 3.8) is 0 Å². The summed E-state index contributed by atoms with van der Waals surface area (Å²) in [7, 11) is 0. The summed E-state index contributed by atoms with van der Waals surface area (Å²) in [6, 6.07) is 0. The van der Waals surface area contributed by atoms with Crippen molar-refractivity contribution in [2.24, 2.45) is 0 Å². The minimum absolute atomic E-state index is 0.0555. The van der Waals surface area contributed by atoms with Crippen LogP contribution in [-0.4, -0.2) is 35.6 Å². The van der Waals surface area contributed by atoms with Crippen molar-refractivity contribution in [3.8, 4) is 0 Å². The van der Waals surface area contributed by atoms with Crippen LogP contribution in [0.15, 0.2) is 4.52 Å². The zero-order chi connectivity index (χ0) is 14.8. The van der Waals surface area contributed by atoms with Gasteiger partial charge in [-0.25, -0.2) is 8.78 Å². The monoisotopic (exact) mass is 297 g/mol. The minimum atomic E-state index is -4.18. The Kier molecular flexibility index (Phi) is 4.28. The fourth-order valence-corrected chi connectivity index (χ4v) is 1.96. The van der Waals surface area contributed by atoms with Gasteiger partial charge in [-0.15, -0.1) is 0 Å². The predicted molar refractivity (Wildman–Crippen MR) is 59.5 cm³/mol. The number of nitrogens with one attached hydrogen (secondary N) is 1. The van der Waals surface area contributed by atoms with Gasteiger partial charge in [-0.3, -0.25) is 0 Å². The first-order valence-electron chi connectivity index (χ1n) is 6.15. The van der Waals surface area contributed by atoms with E-state index in [9.17, 15) is 17.6 Å². The molecule has 0 aromatic carbocycles. The van der Waals surface area contributed by atoms with Crippen molar-refractivity contribution in [1.82, 2.24) is 15.5 Å². The molecule has 0 amide bonds. The number of hydrogen-bond acceptors (Lipinski definition) is 5. The van der Waals surface area contributed by atoms with E-state index in [2.05, 4.69) is 20.2 Å². The van der Waals surface area contributed by atoms with E-state index in [1.54, 1.807) is 0 Å². The number of rotatable bonds is 6. The Labute approximate surface area is 112 Å². The highest BCUT2D eigenvalue weighted by molar-refractivity contribution is 5.04. The van der Waals surface area contributed by atoms with Crippen LogP contribution >= 0.6 is 0 Å². The second kappa shape index (κ2) is 5.65. The molecule has 1 unspecified atom stereocenters. The van der Waals surface area contributed by atoms with Crippen LogP contribution in [0.4, 0.5) is 17.6 Å². The van der Waals surface area contributed by atoms with E-state index < -0.39 is 31.1 Å². The summed E-state index contributed by atoms with van der Waals surface area (Å²) >= 11 is 0. The Bertz CT molecular complexity index is 447. The van der Waals surface area contributed by atoms with Gasteiger partial charge in [-0.05, 0) is 26.3 Å². The first-order chi connectivity index (χ1) is 9.33. The second-order valence-electron chi connectivity index (χ2n) is 4.93. The van der Waals surface area contributed by atoms with E-state index in [0.717, 1.165) is 19.4 Å². The number of alkyl halides is 4. The molecular formula is C11H15F4N3O2. The molecule has 0 saturated carbocycles. The molecule has 2 rings (SSSR count). The van der Waals surface area contributed by atoms with Crippen molar-refractivity contribution < 1.29 is 26.8 Å². The molecule has 0 aliphatic carbocycles. The van der Waals surface area contributed by atoms with Gasteiger partial charge >= 0.3 is 12.3 Å². The third kappa shape index (κ3) is 3.26. The van der Waals surface area contributed by atoms with Gasteiger partial charge in [-0.1, -0.05) is 5.16 Å². The number of aromatic nitrogens is 2. The molecular weight excluding hydrogens is 282 g/mol. The van der Waals surface area contributed by atoms with E-state index in [1.165, 1.54) is 0 Å². The molecule has 1 N–H and O–H groups in total. The second-order valence-corrected chi connectivity index (χ2v) is 4.93. The van der Waals surface area contributed by atoms with E-state index in [1.807, 2.05) is 6.92 Å². The molecule has 114 valence electrons. The average molecular weight is 297 g/mol. The molecule has 0 bridgehead atoms. The molecule has 20 heavy (non-hydrogen) atoms. The molecule has 5 nitrogen and oxygen atoms in total. The Morgan fingerprint density at radius 3 is 2.85 bits per heavy atom. The van der Waals surface area contributed by atoms with Crippen LogP contribution < -0.4 is 5.32 Å². The molecule has 1 atom stereocenters. The molecule has 0 radical (unpaired) electrons. The number of halogens is 4. The lowest BCUT2D eigenvalue weighted by atomic mass is 10.0. The molecule has 1 saturated heterocycles. The summed E-state index contributed by atoms with van der Waals surface area (Å²) < 4.78 is 58.6. The van der Waals surface area contributed by atoms with E-state index in [4.69, 9.17) is 4.52 Å². The van der Waals surface area contributed by atoms with Crippen molar-refractivity contribution in [1.29, 1.82) is 0 Å². The van der Waals surface area contributed by atoms with Gasteiger partial charge in [0.15, 0.2) is 5.82 Å². The zero-order valence-electron chi connectivity index (χ0n) is 10.8. The smallest absolute Gasteiger partial charge is 0.330 e. The Morgan fingerprint density at radius 1 is 1.50 bits per heavy atom. The molecule has 1 fully saturated rings. The van der Waals surface area contributed by atoms with Crippen LogP contribution in [0.25, 0.3) is 0 Å². The van der Waals surface area contributed by atoms with Gasteiger partial charge in [0.25, 0.3) is 0 Å². The lowest BCUT2D eigenvalue weighted by molar-refractivity contribution is -0.168. The maximum atomic E-state index is 12.6. The lowest BCUT2D eigenvalue weighted by Crippen LogP contribution is -2.33. The summed E-state index contributed by atoms with van der Waals surface area (Å²) in [5.74, 6) is -3.78. The van der Waals surface area contributed by atoms with Gasteiger partial charge in [0.2, 0.25) is 5.89 Å². The summed E-state index contributed by atoms with van der Waals surface area (Å²) in [6.07, 6.45) is -1.98. The maximum Gasteiger partial charge on any atom is 0.330 e. The largest absolute Gasteiger partial charge is 0.367 e. The highest BCUT2D eigenvalue weighted by Crippen LogP contribution is 2.29. The highest BCUT2D eigenvalue weighted by atomic mass is 19.3. The third-order valence-corrected chi connectivity index (χ3v) is 3.15. The topological polar surface area (TPSA) is 60.2 Å². The zero-order valence-corrected chi connectivity index (χ0v) is 10.8. The van der Waals surface area contributed by atoms with Crippen molar-refractivity contribution in [3.05, 3.63) is 11.7 Å². The van der Waals surface area contributed by atoms with Crippen molar-refractivity contribution >= 4 is 0 Å². The molecule has 9 heteroatoms. The van der Waals surface area contributed by atoms with Gasteiger partial charge < -0.3 is 14.6 Å². The van der Waals surface area contributed by atoms with Crippen LogP contribution in [-0.2, 0) is 16.9 Å². The normalized spacial score (nSPS) is 23.7. The molecule has 1 aromatic rings. The fourth-order valence-electron chi connectivity index (χ4n) is 1.96. The third-order valence-electron chi connectivity index (χ3n) is 3.15. The minimum Gasteiger partial charge on any atom is -0.367 e. The van der Waals surface area contributed by atoms with Crippen molar-refractivity contribution in [2.75, 3.05) is 13.2 Å². The fraction of sp³-hybridized carbons (Fsp3) is 0.818. The van der Waals surface area contributed by atoms with Crippen LogP contribution in [0.2, 0.25) is 0 Å². The summed E-state index contributed by atoms with van der Waals surface area (Å²) in [4.78, 5) is 4.03. The summed E-state index contributed by atoms with van der Waals surface area (Å²) in [5, 5.41) is 6.79. The number of ether oxygens (including phenoxy) is 1. The van der Waals surface area contributed by atoms with E-state index in [0.29, 0.717) is 5.89 Å². The Hall–Kier alpha value is -1.22. The lowest BCUT2D eigenvalue weighted by Gasteiger charge is -2.18. The van der Waals surface area contributed by atoms with Crippen LogP contribution in [0.5, 0.6) is 0 Å². The molecule has 1 aromatic heterocycles. The number of nitrogens with zero attached hydrogens (tertiary/aromatic N) is 2. The number of hydrogen-bond donors (Lipinski definition) is 1. The maximum absolute atomic E-state index is 12.6. The van der Waals surface area contributed by atoms with Crippen LogP contribution in [0.1, 0.15) is 31.5 Å². The van der Waals surface area contributed by atoms with Gasteiger partial charge in [-0.2, -0.15) is 13.8 Å². The van der Waals surface area contributed by atoms with E-state index >= 15 is 0 Å². The van der Waals surface area contributed by atoms with Gasteiger partial charge in [0.05, 0.1) is 5.54 Å². The molecule has 1 aliphatic heterocycles. The van der Waals surface area contributed by atoms with Crippen LogP contribution in [0.3, 0.4) is 0 Å². The first-order valence-corrected chi connectivity index (χ1v) is 6.15. The Balaban J connectivity index is 1.87. The standard InChI is InChI=1S/C11H15F4N3O2/c1-10(3-2-4-16-10)9-17-7(18-20-9)5-19-6-11(14,15)8(12)13/h8,16H,2-6H2,1H3. The van der Waals surface area contributed by atoms with Gasteiger partial charge in [0.1, 0.15) is 13.2 Å². The average Bonchev–Trinajstić information content (AvgIpc) is 2.99.